The van der Waals surface area contributed by atoms with E-state index >= 15 is 0 Å². The molecule has 0 N–H and O–H groups in total. The fraction of sp³-hybridized carbons (Fsp3) is 0.556. The second-order valence-electron chi connectivity index (χ2n) is 3.13. The van der Waals surface area contributed by atoms with Gasteiger partial charge in [-0.15, -0.1) is 0 Å². The van der Waals surface area contributed by atoms with Crippen LogP contribution < -0.4 is 4.74 Å². The van der Waals surface area contributed by atoms with Crippen molar-refractivity contribution in [3.63, 3.8) is 0 Å². The summed E-state index contributed by atoms with van der Waals surface area (Å²) in [4.78, 5) is 10.2. The van der Waals surface area contributed by atoms with Crippen molar-refractivity contribution in [2.45, 2.75) is 6.92 Å². The molecule has 0 fully saturated rings. The number of ether oxygens (including phenoxy) is 1. The number of hydrogen-bond acceptors (Lipinski definition) is 4. The minimum atomic E-state index is 0.460. The van der Waals surface area contributed by atoms with Crippen LogP contribution in [-0.2, 0) is 0 Å². The average molecular weight is 181 g/mol. The third-order valence-corrected chi connectivity index (χ3v) is 1.54. The van der Waals surface area contributed by atoms with Crippen LogP contribution in [-0.4, -0.2) is 42.1 Å². The van der Waals surface area contributed by atoms with E-state index in [9.17, 15) is 0 Å². The van der Waals surface area contributed by atoms with Gasteiger partial charge in [-0.2, -0.15) is 0 Å². The van der Waals surface area contributed by atoms with Crippen LogP contribution in [0.5, 0.6) is 6.01 Å². The van der Waals surface area contributed by atoms with Crippen LogP contribution in [0, 0.1) is 6.92 Å². The van der Waals surface area contributed by atoms with Gasteiger partial charge in [-0.1, -0.05) is 0 Å². The molecule has 0 aromatic carbocycles. The number of nitrogens with zero attached hydrogens (tertiary/aromatic N) is 3. The normalized spacial score (nSPS) is 10.5. The molecule has 0 radical (unpaired) electrons. The first-order valence-electron chi connectivity index (χ1n) is 4.25. The van der Waals surface area contributed by atoms with E-state index in [2.05, 4.69) is 14.9 Å². The highest BCUT2D eigenvalue weighted by molar-refractivity contribution is 5.02. The molecule has 1 aromatic rings. The fourth-order valence-corrected chi connectivity index (χ4v) is 0.815. The Bertz CT molecular complexity index is 263. The molecule has 0 aliphatic carbocycles. The Labute approximate surface area is 78.6 Å². The zero-order chi connectivity index (χ0) is 9.68. The van der Waals surface area contributed by atoms with Crippen molar-refractivity contribution in [2.75, 3.05) is 27.2 Å². The van der Waals surface area contributed by atoms with Gasteiger partial charge >= 0.3 is 6.01 Å². The van der Waals surface area contributed by atoms with Gasteiger partial charge in [0, 0.05) is 18.4 Å². The van der Waals surface area contributed by atoms with Crippen molar-refractivity contribution in [3.05, 3.63) is 18.0 Å². The van der Waals surface area contributed by atoms with Crippen LogP contribution in [0.25, 0.3) is 0 Å². The highest BCUT2D eigenvalue weighted by Gasteiger charge is 1.97. The van der Waals surface area contributed by atoms with Gasteiger partial charge in [0.25, 0.3) is 0 Å². The van der Waals surface area contributed by atoms with Crippen molar-refractivity contribution in [3.8, 4) is 6.01 Å². The van der Waals surface area contributed by atoms with Crippen LogP contribution in [0.3, 0.4) is 0 Å². The molecule has 72 valence electrons. The van der Waals surface area contributed by atoms with Crippen molar-refractivity contribution in [2.24, 2.45) is 0 Å². The van der Waals surface area contributed by atoms with Gasteiger partial charge in [-0.25, -0.2) is 9.97 Å². The molecular weight excluding hydrogens is 166 g/mol. The fourth-order valence-electron chi connectivity index (χ4n) is 0.815. The SMILES string of the molecule is Cc1ccnc(OCCN(C)C)n1. The van der Waals surface area contributed by atoms with E-state index in [1.165, 1.54) is 0 Å². The van der Waals surface area contributed by atoms with E-state index in [0.29, 0.717) is 12.6 Å². The number of rotatable bonds is 4. The molecule has 0 amide bonds. The van der Waals surface area contributed by atoms with Gasteiger partial charge < -0.3 is 9.64 Å². The van der Waals surface area contributed by atoms with Gasteiger partial charge in [0.15, 0.2) is 0 Å². The summed E-state index contributed by atoms with van der Waals surface area (Å²) in [6.07, 6.45) is 1.70. The highest BCUT2D eigenvalue weighted by atomic mass is 16.5. The second-order valence-corrected chi connectivity index (χ2v) is 3.13. The number of likely N-dealkylation sites (N-methyl/N-ethyl adjacent to an activating group) is 1. The van der Waals surface area contributed by atoms with Crippen molar-refractivity contribution < 1.29 is 4.74 Å². The zero-order valence-electron chi connectivity index (χ0n) is 8.32. The first-order valence-corrected chi connectivity index (χ1v) is 4.25. The van der Waals surface area contributed by atoms with Gasteiger partial charge in [-0.3, -0.25) is 0 Å². The van der Waals surface area contributed by atoms with Crippen LogP contribution in [0.2, 0.25) is 0 Å². The van der Waals surface area contributed by atoms with Crippen molar-refractivity contribution in [1.29, 1.82) is 0 Å². The lowest BCUT2D eigenvalue weighted by molar-refractivity contribution is 0.245. The molecule has 0 spiro atoms. The van der Waals surface area contributed by atoms with Crippen molar-refractivity contribution in [1.82, 2.24) is 14.9 Å². The molecule has 0 bridgehead atoms. The van der Waals surface area contributed by atoms with Gasteiger partial charge in [-0.05, 0) is 27.1 Å². The van der Waals surface area contributed by atoms with Gasteiger partial charge in [0.2, 0.25) is 0 Å². The molecule has 1 heterocycles. The Hall–Kier alpha value is -1.16. The van der Waals surface area contributed by atoms with Crippen LogP contribution in [0.1, 0.15) is 5.69 Å². The Morgan fingerprint density at radius 3 is 2.85 bits per heavy atom. The van der Waals surface area contributed by atoms with E-state index in [1.54, 1.807) is 6.20 Å². The Morgan fingerprint density at radius 2 is 2.23 bits per heavy atom. The van der Waals surface area contributed by atoms with E-state index < -0.39 is 0 Å². The molecule has 4 heteroatoms. The third-order valence-electron chi connectivity index (χ3n) is 1.54. The van der Waals surface area contributed by atoms with E-state index in [-0.39, 0.29) is 0 Å². The first kappa shape index (κ1) is 9.92. The van der Waals surface area contributed by atoms with Crippen LogP contribution in [0.15, 0.2) is 12.3 Å². The first-order chi connectivity index (χ1) is 6.18. The Kier molecular flexibility index (Phi) is 3.64. The summed E-state index contributed by atoms with van der Waals surface area (Å²) in [5.74, 6) is 0. The number of aryl methyl sites for hydroxylation is 1. The summed E-state index contributed by atoms with van der Waals surface area (Å²) in [6, 6.07) is 2.31. The standard InChI is InChI=1S/C9H15N3O/c1-8-4-5-10-9(11-8)13-7-6-12(2)3/h4-5H,6-7H2,1-3H3. The molecule has 0 unspecified atom stereocenters. The largest absolute Gasteiger partial charge is 0.462 e. The maximum absolute atomic E-state index is 5.33. The van der Waals surface area contributed by atoms with E-state index in [1.807, 2.05) is 27.1 Å². The summed E-state index contributed by atoms with van der Waals surface area (Å²) in [5, 5.41) is 0. The topological polar surface area (TPSA) is 38.2 Å². The Morgan fingerprint density at radius 1 is 1.46 bits per heavy atom. The zero-order valence-corrected chi connectivity index (χ0v) is 8.32. The quantitative estimate of drug-likeness (QED) is 0.686. The van der Waals surface area contributed by atoms with Crippen molar-refractivity contribution >= 4 is 0 Å². The molecule has 0 atom stereocenters. The maximum atomic E-state index is 5.33. The minimum absolute atomic E-state index is 0.460. The average Bonchev–Trinajstić information content (AvgIpc) is 2.03. The molecule has 0 saturated heterocycles. The lowest BCUT2D eigenvalue weighted by atomic mass is 10.5. The predicted octanol–water partition coefficient (Wildman–Crippen LogP) is 0.725. The summed E-state index contributed by atoms with van der Waals surface area (Å²) in [7, 11) is 4.00. The molecular formula is C9H15N3O. The lowest BCUT2D eigenvalue weighted by Crippen LogP contribution is -2.20. The Balaban J connectivity index is 2.37. The van der Waals surface area contributed by atoms with Gasteiger partial charge in [0.05, 0.1) is 0 Å². The molecule has 4 nitrogen and oxygen atoms in total. The van der Waals surface area contributed by atoms with Crippen LogP contribution in [0.4, 0.5) is 0 Å². The summed E-state index contributed by atoms with van der Waals surface area (Å²) < 4.78 is 5.33. The predicted molar refractivity (Wildman–Crippen MR) is 50.8 cm³/mol. The van der Waals surface area contributed by atoms with Gasteiger partial charge in [0.1, 0.15) is 6.61 Å². The third kappa shape index (κ3) is 3.85. The highest BCUT2D eigenvalue weighted by Crippen LogP contribution is 2.00. The molecule has 0 saturated carbocycles. The van der Waals surface area contributed by atoms with E-state index in [0.717, 1.165) is 12.2 Å². The van der Waals surface area contributed by atoms with Crippen LogP contribution >= 0.6 is 0 Å². The smallest absolute Gasteiger partial charge is 0.316 e. The monoisotopic (exact) mass is 181 g/mol. The molecule has 1 aromatic heterocycles. The molecule has 1 rings (SSSR count). The number of aromatic nitrogens is 2. The molecule has 13 heavy (non-hydrogen) atoms. The molecule has 0 aliphatic rings. The minimum Gasteiger partial charge on any atom is -0.462 e. The second kappa shape index (κ2) is 4.77. The van der Waals surface area contributed by atoms with E-state index in [4.69, 9.17) is 4.74 Å². The number of hydrogen-bond donors (Lipinski definition) is 0. The summed E-state index contributed by atoms with van der Waals surface area (Å²) in [6.45, 7) is 3.41. The molecule has 0 aliphatic heterocycles. The summed E-state index contributed by atoms with van der Waals surface area (Å²) in [5.41, 5.74) is 0.926. The summed E-state index contributed by atoms with van der Waals surface area (Å²) >= 11 is 0. The maximum Gasteiger partial charge on any atom is 0.316 e. The lowest BCUT2D eigenvalue weighted by Gasteiger charge is -2.09.